The molecule has 0 aliphatic heterocycles. The molecule has 5 heteroatoms. The average molecular weight is 348 g/mol. The summed E-state index contributed by atoms with van der Waals surface area (Å²) < 4.78 is 6.77. The minimum absolute atomic E-state index is 0.215. The maximum atomic E-state index is 12.6. The Balaban J connectivity index is 1.74. The van der Waals surface area contributed by atoms with Crippen molar-refractivity contribution in [2.45, 2.75) is 13.0 Å². The number of hydrogen-bond donors (Lipinski definition) is 1. The van der Waals surface area contributed by atoms with E-state index < -0.39 is 0 Å². The summed E-state index contributed by atoms with van der Waals surface area (Å²) in [5.74, 6) is 0.523. The number of ether oxygens (including phenoxy) is 1. The van der Waals surface area contributed by atoms with E-state index in [0.717, 1.165) is 16.9 Å². The van der Waals surface area contributed by atoms with Gasteiger partial charge in [0.1, 0.15) is 11.4 Å². The highest BCUT2D eigenvalue weighted by Gasteiger charge is 2.09. The molecule has 5 nitrogen and oxygen atoms in total. The Morgan fingerprint density at radius 3 is 2.54 bits per heavy atom. The van der Waals surface area contributed by atoms with E-state index in [-0.39, 0.29) is 23.6 Å². The van der Waals surface area contributed by atoms with Crippen molar-refractivity contribution in [2.75, 3.05) is 12.4 Å². The molecule has 1 aromatic heterocycles. The van der Waals surface area contributed by atoms with Gasteiger partial charge < -0.3 is 14.6 Å². The third-order valence-electron chi connectivity index (χ3n) is 3.99. The van der Waals surface area contributed by atoms with E-state index in [1.54, 1.807) is 30.0 Å². The Labute approximate surface area is 151 Å². The van der Waals surface area contributed by atoms with Gasteiger partial charge >= 0.3 is 0 Å². The van der Waals surface area contributed by atoms with Crippen molar-refractivity contribution in [2.24, 2.45) is 0 Å². The SMILES string of the molecule is COc1cccc(Cn2cccc(NC(=O)Cc3ccccc3)c2=O)c1. The number of nitrogens with zero attached hydrogens (tertiary/aromatic N) is 1. The van der Waals surface area contributed by atoms with Crippen molar-refractivity contribution in [3.8, 4) is 5.75 Å². The molecule has 1 N–H and O–H groups in total. The van der Waals surface area contributed by atoms with Crippen LogP contribution in [0.3, 0.4) is 0 Å². The van der Waals surface area contributed by atoms with Gasteiger partial charge in [0.2, 0.25) is 5.91 Å². The van der Waals surface area contributed by atoms with Crippen LogP contribution in [0.4, 0.5) is 5.69 Å². The lowest BCUT2D eigenvalue weighted by atomic mass is 10.1. The largest absolute Gasteiger partial charge is 0.497 e. The van der Waals surface area contributed by atoms with Crippen LogP contribution in [0.25, 0.3) is 0 Å². The normalized spacial score (nSPS) is 10.3. The van der Waals surface area contributed by atoms with Crippen LogP contribution in [-0.4, -0.2) is 17.6 Å². The minimum atomic E-state index is -0.239. The minimum Gasteiger partial charge on any atom is -0.497 e. The molecule has 3 rings (SSSR count). The summed E-state index contributed by atoms with van der Waals surface area (Å²) in [6.07, 6.45) is 1.93. The van der Waals surface area contributed by atoms with Crippen molar-refractivity contribution >= 4 is 11.6 Å². The molecule has 0 radical (unpaired) electrons. The van der Waals surface area contributed by atoms with Gasteiger partial charge in [0.05, 0.1) is 20.1 Å². The molecule has 0 saturated carbocycles. The van der Waals surface area contributed by atoms with Crippen LogP contribution < -0.4 is 15.6 Å². The van der Waals surface area contributed by atoms with Gasteiger partial charge in [-0.2, -0.15) is 0 Å². The third-order valence-corrected chi connectivity index (χ3v) is 3.99. The van der Waals surface area contributed by atoms with Crippen LogP contribution in [0.5, 0.6) is 5.75 Å². The molecule has 1 heterocycles. The number of hydrogen-bond acceptors (Lipinski definition) is 3. The van der Waals surface area contributed by atoms with Crippen molar-refractivity contribution in [1.29, 1.82) is 0 Å². The van der Waals surface area contributed by atoms with Crippen LogP contribution in [0.2, 0.25) is 0 Å². The molecule has 0 bridgehead atoms. The molecule has 0 aliphatic rings. The van der Waals surface area contributed by atoms with E-state index in [1.807, 2.05) is 54.6 Å². The Morgan fingerprint density at radius 1 is 1.00 bits per heavy atom. The van der Waals surface area contributed by atoms with E-state index in [0.29, 0.717) is 6.54 Å². The van der Waals surface area contributed by atoms with Crippen molar-refractivity contribution < 1.29 is 9.53 Å². The number of nitrogens with one attached hydrogen (secondary N) is 1. The van der Waals surface area contributed by atoms with Gasteiger partial charge in [-0.25, -0.2) is 0 Å². The van der Waals surface area contributed by atoms with Crippen LogP contribution >= 0.6 is 0 Å². The first-order valence-corrected chi connectivity index (χ1v) is 8.32. The number of pyridine rings is 1. The Kier molecular flexibility index (Phi) is 5.49. The maximum Gasteiger partial charge on any atom is 0.274 e. The molecule has 0 saturated heterocycles. The fourth-order valence-electron chi connectivity index (χ4n) is 2.70. The number of carbonyl (C=O) groups excluding carboxylic acids is 1. The topological polar surface area (TPSA) is 60.3 Å². The van der Waals surface area contributed by atoms with E-state index in [4.69, 9.17) is 4.74 Å². The summed E-state index contributed by atoms with van der Waals surface area (Å²) in [5.41, 5.74) is 1.88. The lowest BCUT2D eigenvalue weighted by molar-refractivity contribution is -0.115. The summed E-state index contributed by atoms with van der Waals surface area (Å²) in [6, 6.07) is 20.3. The molecule has 0 aliphatic carbocycles. The summed E-state index contributed by atoms with van der Waals surface area (Å²) in [7, 11) is 1.61. The number of rotatable bonds is 6. The molecular weight excluding hydrogens is 328 g/mol. The fraction of sp³-hybridized carbons (Fsp3) is 0.143. The molecule has 3 aromatic rings. The number of amides is 1. The average Bonchev–Trinajstić information content (AvgIpc) is 2.66. The number of anilines is 1. The summed E-state index contributed by atoms with van der Waals surface area (Å²) >= 11 is 0. The lowest BCUT2D eigenvalue weighted by Crippen LogP contribution is -2.26. The molecular formula is C21H20N2O3. The number of aromatic nitrogens is 1. The summed E-state index contributed by atoms with van der Waals surface area (Å²) in [5, 5.41) is 2.71. The van der Waals surface area contributed by atoms with Gasteiger partial charge in [-0.05, 0) is 35.4 Å². The molecule has 0 fully saturated rings. The monoisotopic (exact) mass is 348 g/mol. The van der Waals surface area contributed by atoms with Crippen molar-refractivity contribution in [3.63, 3.8) is 0 Å². The summed E-state index contributed by atoms with van der Waals surface area (Å²) in [6.45, 7) is 0.401. The highest BCUT2D eigenvalue weighted by atomic mass is 16.5. The number of carbonyl (C=O) groups is 1. The predicted octanol–water partition coefficient (Wildman–Crippen LogP) is 3.09. The molecule has 0 unspecified atom stereocenters. The van der Waals surface area contributed by atoms with Gasteiger partial charge in [-0.1, -0.05) is 42.5 Å². The molecule has 2 aromatic carbocycles. The van der Waals surface area contributed by atoms with Gasteiger partial charge in [0.15, 0.2) is 0 Å². The van der Waals surface area contributed by atoms with Crippen LogP contribution in [-0.2, 0) is 17.8 Å². The second-order valence-electron chi connectivity index (χ2n) is 5.92. The predicted molar refractivity (Wildman–Crippen MR) is 102 cm³/mol. The fourth-order valence-corrected chi connectivity index (χ4v) is 2.70. The molecule has 0 spiro atoms. The first-order chi connectivity index (χ1) is 12.7. The Hall–Kier alpha value is -3.34. The van der Waals surface area contributed by atoms with E-state index in [2.05, 4.69) is 5.32 Å². The molecule has 1 amide bonds. The van der Waals surface area contributed by atoms with Crippen molar-refractivity contribution in [1.82, 2.24) is 4.57 Å². The molecule has 0 atom stereocenters. The van der Waals surface area contributed by atoms with Crippen LogP contribution in [0, 0.1) is 0 Å². The zero-order valence-corrected chi connectivity index (χ0v) is 14.5. The van der Waals surface area contributed by atoms with E-state index >= 15 is 0 Å². The second kappa shape index (κ2) is 8.16. The quantitative estimate of drug-likeness (QED) is 0.745. The lowest BCUT2D eigenvalue weighted by Gasteiger charge is -2.10. The number of benzene rings is 2. The van der Waals surface area contributed by atoms with Gasteiger partial charge in [-0.3, -0.25) is 9.59 Å². The van der Waals surface area contributed by atoms with Crippen LogP contribution in [0.1, 0.15) is 11.1 Å². The van der Waals surface area contributed by atoms with Crippen LogP contribution in [0.15, 0.2) is 77.7 Å². The third kappa shape index (κ3) is 4.39. The van der Waals surface area contributed by atoms with Gasteiger partial charge in [0.25, 0.3) is 5.56 Å². The van der Waals surface area contributed by atoms with Crippen molar-refractivity contribution in [3.05, 3.63) is 94.4 Å². The summed E-state index contributed by atoms with van der Waals surface area (Å²) in [4.78, 5) is 24.8. The highest BCUT2D eigenvalue weighted by Crippen LogP contribution is 2.13. The van der Waals surface area contributed by atoms with E-state index in [9.17, 15) is 9.59 Å². The Morgan fingerprint density at radius 2 is 1.77 bits per heavy atom. The molecule has 132 valence electrons. The van der Waals surface area contributed by atoms with Gasteiger partial charge in [0, 0.05) is 6.20 Å². The molecule has 26 heavy (non-hydrogen) atoms. The highest BCUT2D eigenvalue weighted by molar-refractivity contribution is 5.92. The smallest absolute Gasteiger partial charge is 0.274 e. The first kappa shape index (κ1) is 17.5. The first-order valence-electron chi connectivity index (χ1n) is 8.32. The maximum absolute atomic E-state index is 12.6. The Bertz CT molecular complexity index is 949. The zero-order valence-electron chi connectivity index (χ0n) is 14.5. The second-order valence-corrected chi connectivity index (χ2v) is 5.92. The standard InChI is InChI=1S/C21H20N2O3/c1-26-18-10-5-9-17(13-18)15-23-12-6-11-19(21(23)25)22-20(24)14-16-7-3-2-4-8-16/h2-13H,14-15H2,1H3,(H,22,24). The zero-order chi connectivity index (χ0) is 18.4. The van der Waals surface area contributed by atoms with Gasteiger partial charge in [-0.15, -0.1) is 0 Å². The van der Waals surface area contributed by atoms with E-state index in [1.165, 1.54) is 0 Å². The number of methoxy groups -OCH3 is 1.